The number of hydrogen-bond donors (Lipinski definition) is 2. The first-order valence-corrected chi connectivity index (χ1v) is 7.86. The average Bonchev–Trinajstić information content (AvgIpc) is 2.95. The lowest BCUT2D eigenvalue weighted by Crippen LogP contribution is -2.54. The zero-order valence-electron chi connectivity index (χ0n) is 12.8. The van der Waals surface area contributed by atoms with E-state index < -0.39 is 0 Å². The van der Waals surface area contributed by atoms with E-state index in [4.69, 9.17) is 0 Å². The zero-order chi connectivity index (χ0) is 13.8. The number of nitrogens with one attached hydrogen (secondary N) is 2. The summed E-state index contributed by atoms with van der Waals surface area (Å²) in [6.45, 7) is 11.1. The summed E-state index contributed by atoms with van der Waals surface area (Å²) in [4.78, 5) is 12.6. The molecular formula is C16H28N2O. The number of carbonyl (C=O) groups is 1. The van der Waals surface area contributed by atoms with Gasteiger partial charge in [-0.05, 0) is 48.5 Å². The van der Waals surface area contributed by atoms with E-state index in [0.717, 1.165) is 19.0 Å². The Morgan fingerprint density at radius 1 is 1.26 bits per heavy atom. The van der Waals surface area contributed by atoms with Gasteiger partial charge >= 0.3 is 0 Å². The van der Waals surface area contributed by atoms with Gasteiger partial charge in [-0.15, -0.1) is 0 Å². The first-order valence-electron chi connectivity index (χ1n) is 7.86. The van der Waals surface area contributed by atoms with Gasteiger partial charge in [0.05, 0.1) is 5.92 Å². The fraction of sp³-hybridized carbons (Fsp3) is 0.938. The maximum atomic E-state index is 12.6. The van der Waals surface area contributed by atoms with Crippen molar-refractivity contribution >= 4 is 5.91 Å². The molecule has 0 aromatic heterocycles. The second-order valence-corrected chi connectivity index (χ2v) is 8.10. The van der Waals surface area contributed by atoms with Crippen LogP contribution in [0.15, 0.2) is 0 Å². The molecule has 1 saturated heterocycles. The number of carbonyl (C=O) groups excluding carboxylic acids is 1. The molecule has 0 spiro atoms. The van der Waals surface area contributed by atoms with Crippen molar-refractivity contribution in [2.24, 2.45) is 28.6 Å². The summed E-state index contributed by atoms with van der Waals surface area (Å²) in [5, 5.41) is 6.77. The second-order valence-electron chi connectivity index (χ2n) is 8.10. The van der Waals surface area contributed by atoms with Crippen molar-refractivity contribution in [3.63, 3.8) is 0 Å². The Morgan fingerprint density at radius 3 is 2.53 bits per heavy atom. The Morgan fingerprint density at radius 2 is 2.00 bits per heavy atom. The Labute approximate surface area is 116 Å². The first-order chi connectivity index (χ1) is 8.84. The van der Waals surface area contributed by atoms with Gasteiger partial charge in [0.2, 0.25) is 5.91 Å². The Balaban J connectivity index is 1.74. The van der Waals surface area contributed by atoms with Gasteiger partial charge in [-0.2, -0.15) is 0 Å². The van der Waals surface area contributed by atoms with E-state index in [-0.39, 0.29) is 17.2 Å². The normalized spacial score (nSPS) is 47.6. The van der Waals surface area contributed by atoms with Gasteiger partial charge in [-0.3, -0.25) is 4.79 Å². The van der Waals surface area contributed by atoms with Crippen LogP contribution in [0.1, 0.15) is 47.0 Å². The Kier molecular flexibility index (Phi) is 2.97. The van der Waals surface area contributed by atoms with Crippen molar-refractivity contribution in [1.82, 2.24) is 10.6 Å². The first kappa shape index (κ1) is 13.4. The van der Waals surface area contributed by atoms with Gasteiger partial charge in [0.1, 0.15) is 0 Å². The lowest BCUT2D eigenvalue weighted by molar-refractivity contribution is -0.128. The fourth-order valence-electron chi connectivity index (χ4n) is 5.07. The highest BCUT2D eigenvalue weighted by molar-refractivity contribution is 5.80. The van der Waals surface area contributed by atoms with E-state index in [1.807, 2.05) is 0 Å². The summed E-state index contributed by atoms with van der Waals surface area (Å²) >= 11 is 0. The Bertz CT molecular complexity index is 387. The zero-order valence-corrected chi connectivity index (χ0v) is 12.8. The smallest absolute Gasteiger partial charge is 0.224 e. The van der Waals surface area contributed by atoms with Crippen LogP contribution in [0, 0.1) is 28.6 Å². The van der Waals surface area contributed by atoms with Gasteiger partial charge in [-0.25, -0.2) is 0 Å². The molecule has 1 aliphatic heterocycles. The van der Waals surface area contributed by atoms with Crippen molar-refractivity contribution in [1.29, 1.82) is 0 Å². The predicted octanol–water partition coefficient (Wildman–Crippen LogP) is 2.17. The van der Waals surface area contributed by atoms with Crippen LogP contribution in [0.4, 0.5) is 0 Å². The largest absolute Gasteiger partial charge is 0.352 e. The minimum absolute atomic E-state index is 0.165. The van der Waals surface area contributed by atoms with E-state index in [2.05, 4.69) is 38.3 Å². The average molecular weight is 264 g/mol. The molecule has 3 heteroatoms. The van der Waals surface area contributed by atoms with Crippen LogP contribution in [0.5, 0.6) is 0 Å². The van der Waals surface area contributed by atoms with Gasteiger partial charge in [0, 0.05) is 12.6 Å². The molecule has 108 valence electrons. The van der Waals surface area contributed by atoms with Crippen LogP contribution >= 0.6 is 0 Å². The summed E-state index contributed by atoms with van der Waals surface area (Å²) in [5.74, 6) is 1.71. The van der Waals surface area contributed by atoms with E-state index in [1.54, 1.807) is 0 Å². The second kappa shape index (κ2) is 4.21. The van der Waals surface area contributed by atoms with Crippen LogP contribution in [0.2, 0.25) is 0 Å². The topological polar surface area (TPSA) is 41.1 Å². The highest BCUT2D eigenvalue weighted by atomic mass is 16.2. The SMILES string of the molecule is C[C@@H]1CNC[C@H]1C(=O)NC1C2(C)CCC(C2)C1(C)C. The van der Waals surface area contributed by atoms with Crippen LogP contribution in [0.3, 0.4) is 0 Å². The van der Waals surface area contributed by atoms with E-state index in [0.29, 0.717) is 17.4 Å². The predicted molar refractivity (Wildman–Crippen MR) is 76.7 cm³/mol. The molecule has 3 nitrogen and oxygen atoms in total. The summed E-state index contributed by atoms with van der Waals surface area (Å²) in [5.41, 5.74) is 0.594. The number of rotatable bonds is 2. The molecule has 3 aliphatic rings. The number of hydrogen-bond acceptors (Lipinski definition) is 2. The highest BCUT2D eigenvalue weighted by Crippen LogP contribution is 2.62. The molecule has 2 saturated carbocycles. The molecule has 3 unspecified atom stereocenters. The maximum absolute atomic E-state index is 12.6. The summed E-state index contributed by atoms with van der Waals surface area (Å²) in [7, 11) is 0. The molecule has 19 heavy (non-hydrogen) atoms. The van der Waals surface area contributed by atoms with Gasteiger partial charge in [0.15, 0.2) is 0 Å². The molecule has 2 N–H and O–H groups in total. The van der Waals surface area contributed by atoms with Gasteiger partial charge in [0.25, 0.3) is 0 Å². The third-order valence-corrected chi connectivity index (χ3v) is 6.41. The van der Waals surface area contributed by atoms with E-state index >= 15 is 0 Å². The molecule has 0 aromatic carbocycles. The minimum Gasteiger partial charge on any atom is -0.352 e. The third kappa shape index (κ3) is 1.93. The monoisotopic (exact) mass is 264 g/mol. The van der Waals surface area contributed by atoms with Crippen LogP contribution in [-0.2, 0) is 4.79 Å². The summed E-state index contributed by atoms with van der Waals surface area (Å²) in [6.07, 6.45) is 3.92. The van der Waals surface area contributed by atoms with Gasteiger partial charge < -0.3 is 10.6 Å². The maximum Gasteiger partial charge on any atom is 0.224 e. The van der Waals surface area contributed by atoms with Crippen molar-refractivity contribution < 1.29 is 4.79 Å². The molecule has 5 atom stereocenters. The van der Waals surface area contributed by atoms with E-state index in [1.165, 1.54) is 19.3 Å². The highest BCUT2D eigenvalue weighted by Gasteiger charge is 2.59. The van der Waals surface area contributed by atoms with Crippen molar-refractivity contribution in [2.75, 3.05) is 13.1 Å². The van der Waals surface area contributed by atoms with E-state index in [9.17, 15) is 4.79 Å². The van der Waals surface area contributed by atoms with Crippen LogP contribution in [0.25, 0.3) is 0 Å². The number of fused-ring (bicyclic) bond motifs is 2. The molecule has 1 amide bonds. The van der Waals surface area contributed by atoms with Crippen LogP contribution < -0.4 is 10.6 Å². The minimum atomic E-state index is 0.165. The lowest BCUT2D eigenvalue weighted by Gasteiger charge is -2.43. The molecule has 2 bridgehead atoms. The molecule has 3 fully saturated rings. The molecule has 0 aromatic rings. The van der Waals surface area contributed by atoms with Crippen LogP contribution in [-0.4, -0.2) is 25.0 Å². The molecule has 2 aliphatic carbocycles. The molecule has 0 radical (unpaired) electrons. The molecule has 3 rings (SSSR count). The van der Waals surface area contributed by atoms with Gasteiger partial charge in [-0.1, -0.05) is 27.7 Å². The van der Waals surface area contributed by atoms with Crippen molar-refractivity contribution in [3.05, 3.63) is 0 Å². The Hall–Kier alpha value is -0.570. The molecule has 1 heterocycles. The van der Waals surface area contributed by atoms with Crippen molar-refractivity contribution in [3.8, 4) is 0 Å². The quantitative estimate of drug-likeness (QED) is 0.802. The lowest BCUT2D eigenvalue weighted by atomic mass is 9.68. The third-order valence-electron chi connectivity index (χ3n) is 6.41. The number of amides is 1. The molecular weight excluding hydrogens is 236 g/mol. The summed E-state index contributed by atoms with van der Waals surface area (Å²) < 4.78 is 0. The van der Waals surface area contributed by atoms with Crippen molar-refractivity contribution in [2.45, 2.75) is 53.0 Å². The fourth-order valence-corrected chi connectivity index (χ4v) is 5.07. The standard InChI is InChI=1S/C16H28N2O/c1-10-8-17-9-12(10)13(19)18-14-15(2,3)11-5-6-16(14,4)7-11/h10-12,14,17H,5-9H2,1-4H3,(H,18,19)/t10-,11?,12-,14?,16?/m1/s1. The summed E-state index contributed by atoms with van der Waals surface area (Å²) in [6, 6.07) is 0.360.